The number of nitrogens with zero attached hydrogens (tertiary/aromatic N) is 1. The minimum atomic E-state index is -0.0639. The predicted octanol–water partition coefficient (Wildman–Crippen LogP) is 3.64. The number of carbonyl (C=O) groups is 3. The first kappa shape index (κ1) is 22.7. The van der Waals surface area contributed by atoms with Crippen molar-refractivity contribution in [2.75, 3.05) is 31.5 Å². The van der Waals surface area contributed by atoms with Crippen molar-refractivity contribution >= 4 is 33.9 Å². The quantitative estimate of drug-likeness (QED) is 0.628. The van der Waals surface area contributed by atoms with E-state index in [0.717, 1.165) is 57.2 Å². The van der Waals surface area contributed by atoms with E-state index in [1.165, 1.54) is 4.88 Å². The molecule has 0 radical (unpaired) electrons. The van der Waals surface area contributed by atoms with Crippen molar-refractivity contribution in [2.24, 2.45) is 5.92 Å². The number of hydrogen-bond acceptors (Lipinski definition) is 5. The van der Waals surface area contributed by atoms with Crippen LogP contribution in [-0.4, -0.2) is 48.7 Å². The molecule has 1 saturated heterocycles. The molecular weight excluding hydrogens is 422 g/mol. The van der Waals surface area contributed by atoms with E-state index in [1.807, 2.05) is 30.3 Å². The third-order valence-electron chi connectivity index (χ3n) is 6.40. The molecule has 0 spiro atoms. The fourth-order valence-corrected chi connectivity index (χ4v) is 5.94. The first-order chi connectivity index (χ1) is 15.5. The Labute approximate surface area is 193 Å². The molecule has 4 rings (SSSR count). The van der Waals surface area contributed by atoms with Crippen LogP contribution in [0.3, 0.4) is 0 Å². The van der Waals surface area contributed by atoms with Crippen LogP contribution in [0, 0.1) is 5.92 Å². The number of carbonyl (C=O) groups excluding carboxylic acids is 3. The van der Waals surface area contributed by atoms with E-state index in [2.05, 4.69) is 15.5 Å². The summed E-state index contributed by atoms with van der Waals surface area (Å²) in [6.07, 6.45) is 6.04. The topological polar surface area (TPSA) is 78.5 Å². The van der Waals surface area contributed by atoms with Gasteiger partial charge in [-0.3, -0.25) is 19.3 Å². The van der Waals surface area contributed by atoms with Crippen molar-refractivity contribution in [3.8, 4) is 0 Å². The van der Waals surface area contributed by atoms with Crippen molar-refractivity contribution in [3.05, 3.63) is 51.9 Å². The molecule has 0 atom stereocenters. The molecule has 2 aliphatic rings. The number of hydrogen-bond donors (Lipinski definition) is 2. The standard InChI is InChI=1S/C25H31N3O3S/c1-17(29)26-15-18-11-13-28(14-12-18)16-22(30)27-25-23(20-9-5-6-10-21(20)32-25)24(31)19-7-3-2-4-8-19/h2-4,7-8,18H,5-6,9-16H2,1H3,(H,26,29)(H,27,30). The average molecular weight is 454 g/mol. The SMILES string of the molecule is CC(=O)NCC1CCN(CC(=O)Nc2sc3c(c2C(=O)c2ccccc2)CCCC3)CC1. The van der Waals surface area contributed by atoms with Gasteiger partial charge < -0.3 is 10.6 Å². The summed E-state index contributed by atoms with van der Waals surface area (Å²) in [5, 5.41) is 6.67. The van der Waals surface area contributed by atoms with Crippen LogP contribution in [0.25, 0.3) is 0 Å². The van der Waals surface area contributed by atoms with Gasteiger partial charge >= 0.3 is 0 Å². The molecule has 0 bridgehead atoms. The number of thiophene rings is 1. The lowest BCUT2D eigenvalue weighted by atomic mass is 9.92. The molecule has 0 saturated carbocycles. The van der Waals surface area contributed by atoms with Crippen LogP contribution in [0.15, 0.2) is 30.3 Å². The summed E-state index contributed by atoms with van der Waals surface area (Å²) in [7, 11) is 0. The van der Waals surface area contributed by atoms with Gasteiger partial charge in [-0.05, 0) is 63.1 Å². The Morgan fingerprint density at radius 1 is 1.06 bits per heavy atom. The number of likely N-dealkylation sites (tertiary alicyclic amines) is 1. The predicted molar refractivity (Wildman–Crippen MR) is 127 cm³/mol. The van der Waals surface area contributed by atoms with Crippen molar-refractivity contribution in [2.45, 2.75) is 45.4 Å². The van der Waals surface area contributed by atoms with Gasteiger partial charge in [-0.15, -0.1) is 11.3 Å². The highest BCUT2D eigenvalue weighted by Crippen LogP contribution is 2.39. The number of aryl methyl sites for hydroxylation is 1. The maximum absolute atomic E-state index is 13.3. The number of fused-ring (bicyclic) bond motifs is 1. The van der Waals surface area contributed by atoms with Gasteiger partial charge in [0.2, 0.25) is 11.8 Å². The molecule has 1 aliphatic carbocycles. The molecular formula is C25H31N3O3S. The van der Waals surface area contributed by atoms with Gasteiger partial charge in [-0.2, -0.15) is 0 Å². The number of ketones is 1. The molecule has 7 heteroatoms. The fraction of sp³-hybridized carbons (Fsp3) is 0.480. The zero-order valence-corrected chi connectivity index (χ0v) is 19.4. The van der Waals surface area contributed by atoms with Gasteiger partial charge in [-0.1, -0.05) is 30.3 Å². The second-order valence-corrected chi connectivity index (χ2v) is 9.92. The Hall–Kier alpha value is -2.51. The number of anilines is 1. The van der Waals surface area contributed by atoms with Crippen LogP contribution in [0.1, 0.15) is 59.0 Å². The second kappa shape index (κ2) is 10.4. The van der Waals surface area contributed by atoms with E-state index in [9.17, 15) is 14.4 Å². The Kier molecular flexibility index (Phi) is 7.37. The number of benzene rings is 1. The molecule has 2 heterocycles. The monoisotopic (exact) mass is 453 g/mol. The van der Waals surface area contributed by atoms with Crippen LogP contribution in [0.2, 0.25) is 0 Å². The van der Waals surface area contributed by atoms with E-state index in [-0.39, 0.29) is 17.6 Å². The van der Waals surface area contributed by atoms with Gasteiger partial charge in [0.1, 0.15) is 5.00 Å². The van der Waals surface area contributed by atoms with Crippen LogP contribution in [0.5, 0.6) is 0 Å². The summed E-state index contributed by atoms with van der Waals surface area (Å²) in [5.41, 5.74) is 2.48. The van der Waals surface area contributed by atoms with Crippen LogP contribution < -0.4 is 10.6 Å². The summed E-state index contributed by atoms with van der Waals surface area (Å²) in [6.45, 7) is 4.26. The van der Waals surface area contributed by atoms with E-state index in [1.54, 1.807) is 18.3 Å². The molecule has 2 amide bonds. The Balaban J connectivity index is 1.42. The van der Waals surface area contributed by atoms with Gasteiger partial charge in [0.05, 0.1) is 12.1 Å². The molecule has 2 aromatic rings. The number of rotatable bonds is 7. The zero-order valence-electron chi connectivity index (χ0n) is 18.6. The largest absolute Gasteiger partial charge is 0.356 e. The minimum absolute atomic E-state index is 0.000847. The highest BCUT2D eigenvalue weighted by atomic mass is 32.1. The van der Waals surface area contributed by atoms with Gasteiger partial charge in [0, 0.05) is 23.9 Å². The van der Waals surface area contributed by atoms with Gasteiger partial charge in [-0.25, -0.2) is 0 Å². The molecule has 1 aromatic carbocycles. The molecule has 6 nitrogen and oxygen atoms in total. The normalized spacial score (nSPS) is 16.9. The Bertz CT molecular complexity index is 978. The Morgan fingerprint density at radius 3 is 2.50 bits per heavy atom. The molecule has 32 heavy (non-hydrogen) atoms. The highest BCUT2D eigenvalue weighted by molar-refractivity contribution is 7.17. The summed E-state index contributed by atoms with van der Waals surface area (Å²) >= 11 is 1.57. The lowest BCUT2D eigenvalue weighted by Crippen LogP contribution is -2.41. The molecule has 170 valence electrons. The smallest absolute Gasteiger partial charge is 0.239 e. The summed E-state index contributed by atoms with van der Waals surface area (Å²) in [5.74, 6) is 0.411. The number of amides is 2. The van der Waals surface area contributed by atoms with Crippen LogP contribution in [0.4, 0.5) is 5.00 Å². The van der Waals surface area contributed by atoms with E-state index >= 15 is 0 Å². The third-order valence-corrected chi connectivity index (χ3v) is 7.61. The molecule has 2 N–H and O–H groups in total. The summed E-state index contributed by atoms with van der Waals surface area (Å²) in [6, 6.07) is 9.33. The second-order valence-electron chi connectivity index (χ2n) is 8.81. The lowest BCUT2D eigenvalue weighted by molar-refractivity contribution is -0.119. The first-order valence-electron chi connectivity index (χ1n) is 11.5. The van der Waals surface area contributed by atoms with Gasteiger partial charge in [0.25, 0.3) is 0 Å². The van der Waals surface area contributed by atoms with Crippen molar-refractivity contribution in [3.63, 3.8) is 0 Å². The lowest BCUT2D eigenvalue weighted by Gasteiger charge is -2.31. The van der Waals surface area contributed by atoms with Crippen molar-refractivity contribution in [1.29, 1.82) is 0 Å². The van der Waals surface area contributed by atoms with Crippen LogP contribution in [-0.2, 0) is 22.4 Å². The average Bonchev–Trinajstić information content (AvgIpc) is 3.16. The van der Waals surface area contributed by atoms with Crippen molar-refractivity contribution in [1.82, 2.24) is 10.2 Å². The highest BCUT2D eigenvalue weighted by Gasteiger charge is 2.28. The molecule has 0 unspecified atom stereocenters. The molecule has 1 fully saturated rings. The maximum Gasteiger partial charge on any atom is 0.239 e. The third kappa shape index (κ3) is 5.45. The molecule has 1 aromatic heterocycles. The molecule has 1 aliphatic heterocycles. The summed E-state index contributed by atoms with van der Waals surface area (Å²) in [4.78, 5) is 40.7. The zero-order chi connectivity index (χ0) is 22.5. The first-order valence-corrected chi connectivity index (χ1v) is 12.3. The van der Waals surface area contributed by atoms with E-state index < -0.39 is 0 Å². The minimum Gasteiger partial charge on any atom is -0.356 e. The number of nitrogens with one attached hydrogen (secondary N) is 2. The van der Waals surface area contributed by atoms with Crippen molar-refractivity contribution < 1.29 is 14.4 Å². The van der Waals surface area contributed by atoms with E-state index in [4.69, 9.17) is 0 Å². The fourth-order valence-electron chi connectivity index (χ4n) is 4.63. The Morgan fingerprint density at radius 2 is 1.78 bits per heavy atom. The number of piperidine rings is 1. The van der Waals surface area contributed by atoms with E-state index in [0.29, 0.717) is 35.1 Å². The summed E-state index contributed by atoms with van der Waals surface area (Å²) < 4.78 is 0. The van der Waals surface area contributed by atoms with Gasteiger partial charge in [0.15, 0.2) is 5.78 Å². The van der Waals surface area contributed by atoms with Crippen LogP contribution >= 0.6 is 11.3 Å². The maximum atomic E-state index is 13.3.